The number of carbonyl (C=O) groups is 2. The maximum Gasteiger partial charge on any atom is 0.267 e. The van der Waals surface area contributed by atoms with Crippen molar-refractivity contribution in [2.45, 2.75) is 12.0 Å². The Kier molecular flexibility index (Phi) is 5.40. The van der Waals surface area contributed by atoms with Crippen LogP contribution in [-0.4, -0.2) is 40.5 Å². The van der Waals surface area contributed by atoms with Crippen LogP contribution in [0.15, 0.2) is 54.7 Å². The number of hydrogen-bond acceptors (Lipinski definition) is 6. The topological polar surface area (TPSA) is 103 Å². The van der Waals surface area contributed by atoms with Crippen molar-refractivity contribution in [3.8, 4) is 0 Å². The van der Waals surface area contributed by atoms with Crippen LogP contribution in [0.5, 0.6) is 0 Å². The molecule has 0 bridgehead atoms. The minimum absolute atomic E-state index is 0.0356. The fourth-order valence-electron chi connectivity index (χ4n) is 2.95. The molecule has 26 heavy (non-hydrogen) atoms. The number of aromatic nitrogens is 1. The first kappa shape index (κ1) is 17.8. The number of anilines is 1. The molecule has 0 radical (unpaired) electrons. The van der Waals surface area contributed by atoms with E-state index in [2.05, 4.69) is 15.6 Å². The highest BCUT2D eigenvalue weighted by Gasteiger charge is 2.41. The van der Waals surface area contributed by atoms with Gasteiger partial charge in [0.05, 0.1) is 0 Å². The lowest BCUT2D eigenvalue weighted by Crippen LogP contribution is -2.48. The summed E-state index contributed by atoms with van der Waals surface area (Å²) < 4.78 is 0. The molecule has 7 nitrogen and oxygen atoms in total. The van der Waals surface area contributed by atoms with Gasteiger partial charge in [0.2, 0.25) is 0 Å². The zero-order valence-corrected chi connectivity index (χ0v) is 14.1. The number of nitrogens with zero attached hydrogens (tertiary/aromatic N) is 1. The van der Waals surface area contributed by atoms with Crippen molar-refractivity contribution in [2.75, 3.05) is 18.4 Å². The Bertz CT molecular complexity index is 797. The number of nitrogens with one attached hydrogen (secondary N) is 3. The molecule has 1 saturated heterocycles. The third-order valence-electron chi connectivity index (χ3n) is 4.32. The average Bonchev–Trinajstić information content (AvgIpc) is 3.17. The molecule has 3 rings (SSSR count). The lowest BCUT2D eigenvalue weighted by Gasteiger charge is -2.28. The molecule has 1 amide bonds. The van der Waals surface area contributed by atoms with Gasteiger partial charge >= 0.3 is 0 Å². The van der Waals surface area contributed by atoms with E-state index >= 15 is 0 Å². The molecule has 2 heterocycles. The lowest BCUT2D eigenvalue weighted by atomic mass is 9.88. The van der Waals surface area contributed by atoms with E-state index in [1.807, 2.05) is 30.3 Å². The van der Waals surface area contributed by atoms with Crippen LogP contribution in [0.3, 0.4) is 0 Å². The van der Waals surface area contributed by atoms with E-state index in [1.54, 1.807) is 18.3 Å². The number of ketones is 1. The van der Waals surface area contributed by atoms with E-state index in [0.717, 1.165) is 6.54 Å². The van der Waals surface area contributed by atoms with Crippen molar-refractivity contribution in [2.24, 2.45) is 0 Å². The van der Waals surface area contributed by atoms with Gasteiger partial charge in [0.15, 0.2) is 5.78 Å². The Hall–Kier alpha value is -3.03. The zero-order chi connectivity index (χ0) is 18.4. The Morgan fingerprint density at radius 1 is 1.19 bits per heavy atom. The van der Waals surface area contributed by atoms with Crippen LogP contribution >= 0.6 is 0 Å². The van der Waals surface area contributed by atoms with E-state index in [0.29, 0.717) is 29.9 Å². The van der Waals surface area contributed by atoms with Gasteiger partial charge < -0.3 is 10.6 Å². The van der Waals surface area contributed by atoms with Crippen molar-refractivity contribution in [1.29, 1.82) is 0 Å². The summed E-state index contributed by atoms with van der Waals surface area (Å²) in [6.07, 6.45) is 4.99. The summed E-state index contributed by atoms with van der Waals surface area (Å²) in [4.78, 5) is 28.4. The van der Waals surface area contributed by atoms with Gasteiger partial charge in [-0.1, -0.05) is 30.3 Å². The predicted molar refractivity (Wildman–Crippen MR) is 97.8 cm³/mol. The Labute approximate surface area is 151 Å². The summed E-state index contributed by atoms with van der Waals surface area (Å²) in [5.41, 5.74) is 2.16. The first-order valence-electron chi connectivity index (χ1n) is 8.30. The highest BCUT2D eigenvalue weighted by molar-refractivity contribution is 6.05. The van der Waals surface area contributed by atoms with Crippen molar-refractivity contribution < 1.29 is 14.8 Å². The van der Waals surface area contributed by atoms with Gasteiger partial charge in [-0.25, -0.2) is 10.5 Å². The number of hydroxylamine groups is 1. The molecule has 0 aliphatic carbocycles. The van der Waals surface area contributed by atoms with E-state index in [4.69, 9.17) is 5.21 Å². The molecule has 1 fully saturated rings. The molecule has 0 spiro atoms. The third kappa shape index (κ3) is 3.96. The summed E-state index contributed by atoms with van der Waals surface area (Å²) in [6.45, 7) is 1.28. The first-order chi connectivity index (χ1) is 12.6. The van der Waals surface area contributed by atoms with Gasteiger partial charge in [0.1, 0.15) is 11.4 Å². The van der Waals surface area contributed by atoms with Crippen LogP contribution in [0.2, 0.25) is 0 Å². The second-order valence-electron chi connectivity index (χ2n) is 6.12. The molecule has 1 aliphatic rings. The molecule has 0 saturated carbocycles. The van der Waals surface area contributed by atoms with Crippen LogP contribution in [-0.2, 0) is 4.79 Å². The molecule has 1 aromatic carbocycles. The van der Waals surface area contributed by atoms with Gasteiger partial charge in [0, 0.05) is 24.4 Å². The summed E-state index contributed by atoms with van der Waals surface area (Å²) >= 11 is 0. The highest BCUT2D eigenvalue weighted by Crippen LogP contribution is 2.25. The fourth-order valence-corrected chi connectivity index (χ4v) is 2.95. The lowest BCUT2D eigenvalue weighted by molar-refractivity contribution is -0.124. The van der Waals surface area contributed by atoms with Gasteiger partial charge in [0.25, 0.3) is 5.91 Å². The zero-order valence-electron chi connectivity index (χ0n) is 14.1. The molecular weight excluding hydrogens is 332 g/mol. The first-order valence-corrected chi connectivity index (χ1v) is 8.30. The number of Topliss-reactive ketones (excluding diaryl/α,β-unsaturated/α-hetero) is 1. The minimum Gasteiger partial charge on any atom is -0.356 e. The Morgan fingerprint density at radius 2 is 2.00 bits per heavy atom. The quantitative estimate of drug-likeness (QED) is 0.273. The smallest absolute Gasteiger partial charge is 0.267 e. The molecule has 134 valence electrons. The molecule has 7 heteroatoms. The van der Waals surface area contributed by atoms with Gasteiger partial charge in [-0.3, -0.25) is 14.8 Å². The van der Waals surface area contributed by atoms with Crippen LogP contribution in [0.25, 0.3) is 6.08 Å². The Balaban J connectivity index is 1.77. The molecule has 4 N–H and O–H groups in total. The standard InChI is InChI=1S/C19H20N4O3/c24-17(23-26)9-7-14-6-8-16(21-12-14)22-19(10-11-20-13-19)18(25)15-4-2-1-3-5-15/h1-9,12,20,26H,10-11,13H2,(H,21,22)(H,23,24)/b9-7+/t19-/m1/s1. The number of benzene rings is 1. The predicted octanol–water partition coefficient (Wildman–Crippen LogP) is 1.63. The fraction of sp³-hybridized carbons (Fsp3) is 0.211. The van der Waals surface area contributed by atoms with Crippen LogP contribution < -0.4 is 16.1 Å². The second-order valence-corrected chi connectivity index (χ2v) is 6.12. The van der Waals surface area contributed by atoms with Crippen molar-refractivity contribution in [3.63, 3.8) is 0 Å². The number of amides is 1. The van der Waals surface area contributed by atoms with E-state index in [-0.39, 0.29) is 5.78 Å². The van der Waals surface area contributed by atoms with Gasteiger partial charge in [-0.05, 0) is 36.7 Å². The number of hydrogen-bond donors (Lipinski definition) is 4. The summed E-state index contributed by atoms with van der Waals surface area (Å²) in [7, 11) is 0. The third-order valence-corrected chi connectivity index (χ3v) is 4.32. The molecule has 1 aliphatic heterocycles. The van der Waals surface area contributed by atoms with E-state index < -0.39 is 11.4 Å². The minimum atomic E-state index is -0.734. The van der Waals surface area contributed by atoms with Crippen LogP contribution in [0.1, 0.15) is 22.3 Å². The molecule has 1 aromatic heterocycles. The summed E-state index contributed by atoms with van der Waals surface area (Å²) in [5.74, 6) is 0.00636. The van der Waals surface area contributed by atoms with E-state index in [9.17, 15) is 9.59 Å². The maximum absolute atomic E-state index is 13.0. The number of carbonyl (C=O) groups excluding carboxylic acids is 2. The van der Waals surface area contributed by atoms with Crippen LogP contribution in [0.4, 0.5) is 5.82 Å². The monoisotopic (exact) mass is 352 g/mol. The number of pyridine rings is 1. The SMILES string of the molecule is O=C(/C=C/c1ccc(N[C@]2(C(=O)c3ccccc3)CCNC2)nc1)NO. The normalized spacial score (nSPS) is 19.4. The molecule has 1 atom stereocenters. The van der Waals surface area contributed by atoms with Gasteiger partial charge in [-0.2, -0.15) is 0 Å². The van der Waals surface area contributed by atoms with Crippen molar-refractivity contribution >= 4 is 23.6 Å². The number of rotatable bonds is 6. The largest absolute Gasteiger partial charge is 0.356 e. The molecule has 2 aromatic rings. The van der Waals surface area contributed by atoms with Gasteiger partial charge in [-0.15, -0.1) is 0 Å². The molecule has 0 unspecified atom stereocenters. The second kappa shape index (κ2) is 7.90. The highest BCUT2D eigenvalue weighted by atomic mass is 16.5. The summed E-state index contributed by atoms with van der Waals surface area (Å²) in [6, 6.07) is 12.8. The Morgan fingerprint density at radius 3 is 2.62 bits per heavy atom. The van der Waals surface area contributed by atoms with Crippen molar-refractivity contribution in [1.82, 2.24) is 15.8 Å². The molecular formula is C19H20N4O3. The maximum atomic E-state index is 13.0. The summed E-state index contributed by atoms with van der Waals surface area (Å²) in [5, 5.41) is 15.0. The van der Waals surface area contributed by atoms with Crippen LogP contribution in [0, 0.1) is 0 Å². The van der Waals surface area contributed by atoms with E-state index in [1.165, 1.54) is 17.6 Å². The average molecular weight is 352 g/mol. The van der Waals surface area contributed by atoms with Crippen molar-refractivity contribution in [3.05, 3.63) is 65.9 Å².